The molecular formula is C11H10ClN5. The third kappa shape index (κ3) is 2.37. The third-order valence-corrected chi connectivity index (χ3v) is 2.68. The van der Waals surface area contributed by atoms with E-state index in [1.807, 2.05) is 13.0 Å². The molecule has 0 spiro atoms. The highest BCUT2D eigenvalue weighted by atomic mass is 35.5. The quantitative estimate of drug-likeness (QED) is 0.874. The number of nitriles is 1. The van der Waals surface area contributed by atoms with E-state index in [-0.39, 0.29) is 6.04 Å². The zero-order chi connectivity index (χ0) is 12.3. The van der Waals surface area contributed by atoms with Gasteiger partial charge in [0.1, 0.15) is 22.7 Å². The van der Waals surface area contributed by atoms with Crippen LogP contribution >= 0.6 is 11.6 Å². The van der Waals surface area contributed by atoms with Crippen LogP contribution < -0.4 is 5.32 Å². The Morgan fingerprint density at radius 1 is 1.47 bits per heavy atom. The molecule has 1 unspecified atom stereocenters. The van der Waals surface area contributed by atoms with Crippen LogP contribution in [0.3, 0.4) is 0 Å². The maximum Gasteiger partial charge on any atom is 0.146 e. The second-order valence-corrected chi connectivity index (χ2v) is 3.85. The average molecular weight is 248 g/mol. The van der Waals surface area contributed by atoms with Crippen molar-refractivity contribution in [3.05, 3.63) is 41.1 Å². The molecule has 2 aromatic rings. The van der Waals surface area contributed by atoms with E-state index < -0.39 is 0 Å². The summed E-state index contributed by atoms with van der Waals surface area (Å²) >= 11 is 6.04. The van der Waals surface area contributed by atoms with Crippen LogP contribution in [0.5, 0.6) is 0 Å². The molecule has 0 aliphatic heterocycles. The highest BCUT2D eigenvalue weighted by Gasteiger charge is 2.12. The van der Waals surface area contributed by atoms with Crippen molar-refractivity contribution < 1.29 is 0 Å². The van der Waals surface area contributed by atoms with E-state index in [9.17, 15) is 0 Å². The smallest absolute Gasteiger partial charge is 0.146 e. The van der Waals surface area contributed by atoms with Crippen molar-refractivity contribution in [2.75, 3.05) is 5.32 Å². The molecule has 5 nitrogen and oxygen atoms in total. The first-order valence-corrected chi connectivity index (χ1v) is 5.40. The largest absolute Gasteiger partial charge is 0.359 e. The van der Waals surface area contributed by atoms with E-state index in [4.69, 9.17) is 16.9 Å². The molecule has 0 amide bonds. The van der Waals surface area contributed by atoms with Crippen molar-refractivity contribution in [2.45, 2.75) is 13.0 Å². The summed E-state index contributed by atoms with van der Waals surface area (Å²) in [5.41, 5.74) is 0.399. The van der Waals surface area contributed by atoms with Crippen molar-refractivity contribution in [3.8, 4) is 6.07 Å². The van der Waals surface area contributed by atoms with E-state index in [2.05, 4.69) is 20.3 Å². The number of halogens is 1. The number of hydrogen-bond donors (Lipinski definition) is 2. The first-order valence-electron chi connectivity index (χ1n) is 5.02. The Morgan fingerprint density at radius 3 is 2.94 bits per heavy atom. The lowest BCUT2D eigenvalue weighted by Crippen LogP contribution is -2.10. The van der Waals surface area contributed by atoms with Gasteiger partial charge < -0.3 is 10.3 Å². The molecule has 6 heteroatoms. The molecule has 2 N–H and O–H groups in total. The summed E-state index contributed by atoms with van der Waals surface area (Å²) in [5, 5.41) is 12.3. The Labute approximate surface area is 103 Å². The second-order valence-electron chi connectivity index (χ2n) is 3.47. The van der Waals surface area contributed by atoms with Crippen LogP contribution in [0.2, 0.25) is 5.02 Å². The number of H-pyrrole nitrogens is 1. The van der Waals surface area contributed by atoms with Crippen LogP contribution in [0.15, 0.2) is 24.7 Å². The van der Waals surface area contributed by atoms with Gasteiger partial charge in [0.05, 0.1) is 11.6 Å². The first kappa shape index (κ1) is 11.4. The van der Waals surface area contributed by atoms with Crippen molar-refractivity contribution in [2.24, 2.45) is 0 Å². The minimum atomic E-state index is -0.0658. The molecule has 0 fully saturated rings. The molecule has 0 saturated carbocycles. The van der Waals surface area contributed by atoms with Gasteiger partial charge >= 0.3 is 0 Å². The topological polar surface area (TPSA) is 77.4 Å². The fourth-order valence-electron chi connectivity index (χ4n) is 1.42. The van der Waals surface area contributed by atoms with Gasteiger partial charge in [0.2, 0.25) is 0 Å². The maximum atomic E-state index is 8.85. The lowest BCUT2D eigenvalue weighted by molar-refractivity contribution is 0.804. The van der Waals surface area contributed by atoms with Crippen molar-refractivity contribution in [3.63, 3.8) is 0 Å². The second kappa shape index (κ2) is 4.85. The minimum absolute atomic E-state index is 0.0658. The molecule has 1 atom stereocenters. The number of rotatable bonds is 3. The monoisotopic (exact) mass is 247 g/mol. The molecule has 2 rings (SSSR count). The Bertz CT molecular complexity index is 543. The van der Waals surface area contributed by atoms with Gasteiger partial charge in [-0.15, -0.1) is 0 Å². The van der Waals surface area contributed by atoms with Gasteiger partial charge in [-0.1, -0.05) is 11.6 Å². The number of pyridine rings is 1. The number of imidazole rings is 1. The van der Waals surface area contributed by atoms with E-state index in [1.165, 1.54) is 0 Å². The molecule has 0 radical (unpaired) electrons. The van der Waals surface area contributed by atoms with Crippen LogP contribution in [0, 0.1) is 11.3 Å². The van der Waals surface area contributed by atoms with Crippen LogP contribution in [0.1, 0.15) is 24.4 Å². The molecule has 0 saturated heterocycles. The van der Waals surface area contributed by atoms with Gasteiger partial charge in [0, 0.05) is 18.6 Å². The van der Waals surface area contributed by atoms with E-state index in [0.717, 1.165) is 5.82 Å². The van der Waals surface area contributed by atoms with Crippen molar-refractivity contribution >= 4 is 17.4 Å². The summed E-state index contributed by atoms with van der Waals surface area (Å²) in [6.07, 6.45) is 4.96. The fourth-order valence-corrected chi connectivity index (χ4v) is 1.63. The summed E-state index contributed by atoms with van der Waals surface area (Å²) in [5.74, 6) is 1.26. The fraction of sp³-hybridized carbons (Fsp3) is 0.182. The molecule has 0 aliphatic carbocycles. The maximum absolute atomic E-state index is 8.85. The minimum Gasteiger partial charge on any atom is -0.359 e. The third-order valence-electron chi connectivity index (χ3n) is 2.29. The van der Waals surface area contributed by atoms with Gasteiger partial charge in [-0.25, -0.2) is 9.97 Å². The molecule has 86 valence electrons. The summed E-state index contributed by atoms with van der Waals surface area (Å²) in [7, 11) is 0. The summed E-state index contributed by atoms with van der Waals surface area (Å²) in [4.78, 5) is 11.2. The molecule has 2 heterocycles. The van der Waals surface area contributed by atoms with Gasteiger partial charge in [-0.05, 0) is 13.0 Å². The molecule has 0 aromatic carbocycles. The van der Waals surface area contributed by atoms with Crippen molar-refractivity contribution in [1.29, 1.82) is 5.26 Å². The van der Waals surface area contributed by atoms with Gasteiger partial charge in [-0.3, -0.25) is 0 Å². The number of aromatic amines is 1. The first-order chi connectivity index (χ1) is 8.22. The normalized spacial score (nSPS) is 11.8. The van der Waals surface area contributed by atoms with Gasteiger partial charge in [0.25, 0.3) is 0 Å². The Balaban J connectivity index is 2.23. The number of aromatic nitrogens is 3. The lowest BCUT2D eigenvalue weighted by atomic mass is 10.2. The van der Waals surface area contributed by atoms with Crippen LogP contribution in [-0.4, -0.2) is 15.0 Å². The summed E-state index contributed by atoms with van der Waals surface area (Å²) < 4.78 is 0. The molecule has 0 bridgehead atoms. The summed E-state index contributed by atoms with van der Waals surface area (Å²) in [6.45, 7) is 1.93. The SMILES string of the molecule is CC(Nc1nccc(C#N)c1Cl)c1ncc[nH]1. The van der Waals surface area contributed by atoms with E-state index >= 15 is 0 Å². The summed E-state index contributed by atoms with van der Waals surface area (Å²) in [6, 6.07) is 3.52. The zero-order valence-electron chi connectivity index (χ0n) is 9.11. The molecule has 0 aliphatic rings. The molecule has 2 aromatic heterocycles. The van der Waals surface area contributed by atoms with E-state index in [1.54, 1.807) is 24.7 Å². The van der Waals surface area contributed by atoms with Crippen molar-refractivity contribution in [1.82, 2.24) is 15.0 Å². The highest BCUT2D eigenvalue weighted by molar-refractivity contribution is 6.34. The Kier molecular flexibility index (Phi) is 3.26. The Morgan fingerprint density at radius 2 is 2.29 bits per heavy atom. The highest BCUT2D eigenvalue weighted by Crippen LogP contribution is 2.25. The predicted molar refractivity (Wildman–Crippen MR) is 64.6 cm³/mol. The van der Waals surface area contributed by atoms with Gasteiger partial charge in [-0.2, -0.15) is 5.26 Å². The van der Waals surface area contributed by atoms with Crippen LogP contribution in [-0.2, 0) is 0 Å². The standard InChI is InChI=1S/C11H10ClN5/c1-7(10-15-4-5-16-10)17-11-9(12)8(6-13)2-3-14-11/h2-5,7H,1H3,(H,14,17)(H,15,16). The zero-order valence-corrected chi connectivity index (χ0v) is 9.86. The number of nitrogens with one attached hydrogen (secondary N) is 2. The average Bonchev–Trinajstić information content (AvgIpc) is 2.85. The Hall–Kier alpha value is -2.06. The molecular weight excluding hydrogens is 238 g/mol. The van der Waals surface area contributed by atoms with E-state index in [0.29, 0.717) is 16.4 Å². The predicted octanol–water partition coefficient (Wildman–Crippen LogP) is 2.50. The van der Waals surface area contributed by atoms with Gasteiger partial charge in [0.15, 0.2) is 0 Å². The number of anilines is 1. The number of hydrogen-bond acceptors (Lipinski definition) is 4. The molecule has 17 heavy (non-hydrogen) atoms. The van der Waals surface area contributed by atoms with Crippen LogP contribution in [0.25, 0.3) is 0 Å². The lowest BCUT2D eigenvalue weighted by Gasteiger charge is -2.13. The number of nitrogens with zero attached hydrogens (tertiary/aromatic N) is 3. The van der Waals surface area contributed by atoms with Crippen LogP contribution in [0.4, 0.5) is 5.82 Å².